The lowest BCUT2D eigenvalue weighted by Gasteiger charge is -2.10. The standard InChI is InChI=1S/C11H14ClNOS/c1-8(11(13)15)6-14-7-9-4-2-3-5-10(9)12/h2-5,8H,6-7H2,1H3,(H2,13,15). The van der Waals surface area contributed by atoms with Crippen LogP contribution >= 0.6 is 23.8 Å². The molecule has 0 aromatic heterocycles. The summed E-state index contributed by atoms with van der Waals surface area (Å²) < 4.78 is 5.47. The van der Waals surface area contributed by atoms with Crippen LogP contribution in [0, 0.1) is 5.92 Å². The van der Waals surface area contributed by atoms with Crippen molar-refractivity contribution in [1.29, 1.82) is 0 Å². The van der Waals surface area contributed by atoms with E-state index in [1.54, 1.807) is 0 Å². The number of halogens is 1. The van der Waals surface area contributed by atoms with Crippen molar-refractivity contribution in [3.63, 3.8) is 0 Å². The highest BCUT2D eigenvalue weighted by Crippen LogP contribution is 2.15. The van der Waals surface area contributed by atoms with Gasteiger partial charge in [-0.15, -0.1) is 0 Å². The third kappa shape index (κ3) is 4.16. The molecular weight excluding hydrogens is 230 g/mol. The molecule has 0 radical (unpaired) electrons. The number of nitrogens with two attached hydrogens (primary N) is 1. The maximum Gasteiger partial charge on any atom is 0.0779 e. The molecule has 4 heteroatoms. The van der Waals surface area contributed by atoms with Crippen LogP contribution in [0.25, 0.3) is 0 Å². The average molecular weight is 244 g/mol. The van der Waals surface area contributed by atoms with Crippen LogP contribution in [0.5, 0.6) is 0 Å². The summed E-state index contributed by atoms with van der Waals surface area (Å²) >= 11 is 10.8. The van der Waals surface area contributed by atoms with Gasteiger partial charge < -0.3 is 10.5 Å². The van der Waals surface area contributed by atoms with E-state index in [2.05, 4.69) is 0 Å². The Labute approximate surface area is 100 Å². The van der Waals surface area contributed by atoms with E-state index in [0.717, 1.165) is 10.6 Å². The SMILES string of the molecule is CC(COCc1ccccc1Cl)C(N)=S. The second kappa shape index (κ2) is 6.05. The molecule has 2 N–H and O–H groups in total. The van der Waals surface area contributed by atoms with Crippen LogP contribution in [-0.4, -0.2) is 11.6 Å². The molecule has 15 heavy (non-hydrogen) atoms. The Balaban J connectivity index is 2.38. The van der Waals surface area contributed by atoms with Gasteiger partial charge in [-0.05, 0) is 11.6 Å². The molecule has 1 unspecified atom stereocenters. The van der Waals surface area contributed by atoms with Gasteiger partial charge in [0.25, 0.3) is 0 Å². The molecule has 1 aromatic carbocycles. The van der Waals surface area contributed by atoms with Crippen LogP contribution in [0.15, 0.2) is 24.3 Å². The van der Waals surface area contributed by atoms with Crippen molar-refractivity contribution in [2.24, 2.45) is 11.7 Å². The minimum Gasteiger partial charge on any atom is -0.393 e. The zero-order chi connectivity index (χ0) is 11.3. The van der Waals surface area contributed by atoms with Crippen molar-refractivity contribution in [2.75, 3.05) is 6.61 Å². The normalized spacial score (nSPS) is 12.4. The van der Waals surface area contributed by atoms with E-state index < -0.39 is 0 Å². The summed E-state index contributed by atoms with van der Waals surface area (Å²) in [4.78, 5) is 0.481. The molecule has 0 saturated heterocycles. The van der Waals surface area contributed by atoms with Crippen molar-refractivity contribution >= 4 is 28.8 Å². The average Bonchev–Trinajstić information content (AvgIpc) is 2.20. The Kier molecular flexibility index (Phi) is 5.02. The van der Waals surface area contributed by atoms with E-state index in [1.807, 2.05) is 31.2 Å². The van der Waals surface area contributed by atoms with Crippen molar-refractivity contribution < 1.29 is 4.74 Å². The molecule has 0 saturated carbocycles. The summed E-state index contributed by atoms with van der Waals surface area (Å²) in [5, 5.41) is 0.723. The molecule has 1 aromatic rings. The lowest BCUT2D eigenvalue weighted by atomic mass is 10.2. The number of hydrogen-bond acceptors (Lipinski definition) is 2. The van der Waals surface area contributed by atoms with E-state index in [1.165, 1.54) is 0 Å². The smallest absolute Gasteiger partial charge is 0.0779 e. The van der Waals surface area contributed by atoms with Gasteiger partial charge in [-0.1, -0.05) is 48.9 Å². The predicted molar refractivity (Wildman–Crippen MR) is 67.1 cm³/mol. The summed E-state index contributed by atoms with van der Waals surface area (Å²) in [6.07, 6.45) is 0. The molecule has 0 aliphatic carbocycles. The van der Waals surface area contributed by atoms with Gasteiger partial charge in [-0.2, -0.15) is 0 Å². The quantitative estimate of drug-likeness (QED) is 0.808. The molecule has 2 nitrogen and oxygen atoms in total. The number of thiocarbonyl (C=S) groups is 1. The summed E-state index contributed by atoms with van der Waals surface area (Å²) in [6, 6.07) is 7.61. The molecule has 0 bridgehead atoms. The monoisotopic (exact) mass is 243 g/mol. The van der Waals surface area contributed by atoms with E-state index in [0.29, 0.717) is 18.2 Å². The number of benzene rings is 1. The van der Waals surface area contributed by atoms with Gasteiger partial charge in [-0.25, -0.2) is 0 Å². The van der Waals surface area contributed by atoms with Gasteiger partial charge >= 0.3 is 0 Å². The van der Waals surface area contributed by atoms with Crippen LogP contribution in [0.1, 0.15) is 12.5 Å². The van der Waals surface area contributed by atoms with E-state index in [-0.39, 0.29) is 5.92 Å². The van der Waals surface area contributed by atoms with Gasteiger partial charge in [0.05, 0.1) is 18.2 Å². The van der Waals surface area contributed by atoms with Crippen molar-refractivity contribution in [3.8, 4) is 0 Å². The lowest BCUT2D eigenvalue weighted by molar-refractivity contribution is 0.108. The third-order valence-electron chi connectivity index (χ3n) is 2.07. The fourth-order valence-electron chi connectivity index (χ4n) is 1.04. The number of rotatable bonds is 5. The first kappa shape index (κ1) is 12.4. The summed E-state index contributed by atoms with van der Waals surface area (Å²) in [5.74, 6) is 0.0995. The van der Waals surface area contributed by atoms with Gasteiger partial charge in [0.1, 0.15) is 0 Å². The number of hydrogen-bond donors (Lipinski definition) is 1. The topological polar surface area (TPSA) is 35.2 Å². The molecule has 0 heterocycles. The second-order valence-corrected chi connectivity index (χ2v) is 4.29. The Morgan fingerprint density at radius 1 is 1.53 bits per heavy atom. The maximum atomic E-state index is 5.97. The zero-order valence-electron chi connectivity index (χ0n) is 8.57. The largest absolute Gasteiger partial charge is 0.393 e. The summed E-state index contributed by atoms with van der Waals surface area (Å²) in [7, 11) is 0. The van der Waals surface area contributed by atoms with Crippen LogP contribution in [0.3, 0.4) is 0 Å². The lowest BCUT2D eigenvalue weighted by Crippen LogP contribution is -2.22. The molecule has 0 spiro atoms. The Bertz CT molecular complexity index is 343. The van der Waals surface area contributed by atoms with E-state index >= 15 is 0 Å². The molecular formula is C11H14ClNOS. The summed E-state index contributed by atoms with van der Waals surface area (Å²) in [5.41, 5.74) is 6.45. The fraction of sp³-hybridized carbons (Fsp3) is 0.364. The van der Waals surface area contributed by atoms with Gasteiger partial charge in [0.15, 0.2) is 0 Å². The predicted octanol–water partition coefficient (Wildman–Crippen LogP) is 2.78. The Hall–Kier alpha value is -0.640. The fourth-order valence-corrected chi connectivity index (χ4v) is 1.30. The van der Waals surface area contributed by atoms with Gasteiger partial charge in [0.2, 0.25) is 0 Å². The Morgan fingerprint density at radius 2 is 2.20 bits per heavy atom. The minimum atomic E-state index is 0.0995. The highest BCUT2D eigenvalue weighted by atomic mass is 35.5. The van der Waals surface area contributed by atoms with Crippen LogP contribution < -0.4 is 5.73 Å². The second-order valence-electron chi connectivity index (χ2n) is 3.41. The molecule has 82 valence electrons. The summed E-state index contributed by atoms with van der Waals surface area (Å²) in [6.45, 7) is 2.96. The Morgan fingerprint density at radius 3 is 2.80 bits per heavy atom. The first-order valence-corrected chi connectivity index (χ1v) is 5.50. The van der Waals surface area contributed by atoms with Crippen molar-refractivity contribution in [3.05, 3.63) is 34.9 Å². The van der Waals surface area contributed by atoms with Crippen molar-refractivity contribution in [1.82, 2.24) is 0 Å². The molecule has 0 aliphatic rings. The van der Waals surface area contributed by atoms with Crippen LogP contribution in [0.2, 0.25) is 5.02 Å². The van der Waals surface area contributed by atoms with Gasteiger partial charge in [-0.3, -0.25) is 0 Å². The highest BCUT2D eigenvalue weighted by Gasteiger charge is 2.05. The number of ether oxygens (including phenoxy) is 1. The van der Waals surface area contributed by atoms with Crippen LogP contribution in [-0.2, 0) is 11.3 Å². The highest BCUT2D eigenvalue weighted by molar-refractivity contribution is 7.80. The molecule has 0 aliphatic heterocycles. The van der Waals surface area contributed by atoms with E-state index in [9.17, 15) is 0 Å². The third-order valence-corrected chi connectivity index (χ3v) is 2.84. The first-order valence-electron chi connectivity index (χ1n) is 4.71. The molecule has 1 atom stereocenters. The van der Waals surface area contributed by atoms with Crippen molar-refractivity contribution in [2.45, 2.75) is 13.5 Å². The van der Waals surface area contributed by atoms with E-state index in [4.69, 9.17) is 34.3 Å². The maximum absolute atomic E-state index is 5.97. The van der Waals surface area contributed by atoms with Crippen LogP contribution in [0.4, 0.5) is 0 Å². The first-order chi connectivity index (χ1) is 7.11. The molecule has 1 rings (SSSR count). The molecule has 0 amide bonds. The molecule has 0 fully saturated rings. The minimum absolute atomic E-state index is 0.0995. The van der Waals surface area contributed by atoms with Gasteiger partial charge in [0, 0.05) is 10.9 Å². The zero-order valence-corrected chi connectivity index (χ0v) is 10.1.